The van der Waals surface area contributed by atoms with Crippen molar-refractivity contribution in [1.29, 1.82) is 0 Å². The van der Waals surface area contributed by atoms with E-state index >= 15 is 0 Å². The van der Waals surface area contributed by atoms with Crippen LogP contribution in [0.4, 0.5) is 5.95 Å². The van der Waals surface area contributed by atoms with Gasteiger partial charge in [-0.05, 0) is 48.6 Å². The van der Waals surface area contributed by atoms with Crippen molar-refractivity contribution in [2.75, 3.05) is 24.6 Å². The lowest BCUT2D eigenvalue weighted by Crippen LogP contribution is -2.36. The van der Waals surface area contributed by atoms with E-state index in [0.29, 0.717) is 22.5 Å². The van der Waals surface area contributed by atoms with Gasteiger partial charge >= 0.3 is 0 Å². The van der Waals surface area contributed by atoms with Gasteiger partial charge in [0.2, 0.25) is 5.95 Å². The molecule has 1 saturated heterocycles. The molecule has 1 fully saturated rings. The second kappa shape index (κ2) is 7.47. The molecule has 1 aliphatic rings. The second-order valence-electron chi connectivity index (χ2n) is 6.85. The Balaban J connectivity index is 1.71. The number of halogens is 2. The highest BCUT2D eigenvalue weighted by Gasteiger charge is 2.23. The summed E-state index contributed by atoms with van der Waals surface area (Å²) in [6.07, 6.45) is 1.99. The Morgan fingerprint density at radius 3 is 2.54 bits per heavy atom. The molecule has 0 spiro atoms. The number of aromatic nitrogens is 2. The molecular formula is C20H21Cl2N3O. The molecule has 26 heavy (non-hydrogen) atoms. The highest BCUT2D eigenvalue weighted by atomic mass is 35.5. The maximum absolute atomic E-state index is 9.40. The summed E-state index contributed by atoms with van der Waals surface area (Å²) in [5.41, 5.74) is 3.19. The molecule has 1 aromatic heterocycles. The molecule has 6 heteroatoms. The molecule has 4 nitrogen and oxygen atoms in total. The summed E-state index contributed by atoms with van der Waals surface area (Å²) in [4.78, 5) is 7.21. The van der Waals surface area contributed by atoms with Crippen molar-refractivity contribution in [1.82, 2.24) is 9.55 Å². The van der Waals surface area contributed by atoms with Crippen LogP contribution >= 0.6 is 23.2 Å². The lowest BCUT2D eigenvalue weighted by atomic mass is 9.98. The summed E-state index contributed by atoms with van der Waals surface area (Å²) < 4.78 is 2.24. The Morgan fingerprint density at radius 1 is 1.04 bits per heavy atom. The van der Waals surface area contributed by atoms with Gasteiger partial charge in [-0.1, -0.05) is 41.4 Å². The third-order valence-corrected chi connectivity index (χ3v) is 5.85. The molecule has 0 aliphatic carbocycles. The van der Waals surface area contributed by atoms with E-state index in [2.05, 4.69) is 15.5 Å². The first-order valence-corrected chi connectivity index (χ1v) is 9.66. The Morgan fingerprint density at radius 2 is 1.81 bits per heavy atom. The molecule has 0 radical (unpaired) electrons. The van der Waals surface area contributed by atoms with Crippen LogP contribution in [0.2, 0.25) is 10.0 Å². The zero-order valence-corrected chi connectivity index (χ0v) is 15.9. The number of aliphatic hydroxyl groups excluding tert-OH is 1. The average molecular weight is 390 g/mol. The van der Waals surface area contributed by atoms with Crippen LogP contribution in [-0.2, 0) is 6.54 Å². The maximum atomic E-state index is 9.40. The number of hydrogen-bond donors (Lipinski definition) is 1. The fraction of sp³-hybridized carbons (Fsp3) is 0.350. The van der Waals surface area contributed by atoms with Crippen molar-refractivity contribution >= 4 is 40.2 Å². The molecule has 0 unspecified atom stereocenters. The Kier molecular flexibility index (Phi) is 5.07. The number of hydrogen-bond acceptors (Lipinski definition) is 3. The highest BCUT2D eigenvalue weighted by molar-refractivity contribution is 6.42. The molecule has 0 amide bonds. The van der Waals surface area contributed by atoms with Crippen molar-refractivity contribution in [3.05, 3.63) is 58.1 Å². The predicted octanol–water partition coefficient (Wildman–Crippen LogP) is 4.60. The van der Waals surface area contributed by atoms with Gasteiger partial charge in [-0.3, -0.25) is 0 Å². The maximum Gasteiger partial charge on any atom is 0.206 e. The van der Waals surface area contributed by atoms with E-state index in [1.165, 1.54) is 0 Å². The number of nitrogens with zero attached hydrogens (tertiary/aromatic N) is 3. The molecule has 2 aromatic carbocycles. The van der Waals surface area contributed by atoms with Gasteiger partial charge < -0.3 is 14.6 Å². The molecule has 1 aliphatic heterocycles. The van der Waals surface area contributed by atoms with Gasteiger partial charge in [0.05, 0.1) is 27.6 Å². The topological polar surface area (TPSA) is 41.3 Å². The van der Waals surface area contributed by atoms with Crippen molar-refractivity contribution in [3.63, 3.8) is 0 Å². The van der Waals surface area contributed by atoms with Crippen LogP contribution in [0.25, 0.3) is 11.0 Å². The van der Waals surface area contributed by atoms with Gasteiger partial charge in [-0.15, -0.1) is 0 Å². The molecular weight excluding hydrogens is 369 g/mol. The van der Waals surface area contributed by atoms with Crippen molar-refractivity contribution in [3.8, 4) is 0 Å². The number of rotatable bonds is 4. The van der Waals surface area contributed by atoms with E-state index in [0.717, 1.165) is 48.5 Å². The van der Waals surface area contributed by atoms with Gasteiger partial charge in [0.25, 0.3) is 0 Å². The monoisotopic (exact) mass is 389 g/mol. The molecule has 4 rings (SSSR count). The molecule has 136 valence electrons. The molecule has 0 bridgehead atoms. The van der Waals surface area contributed by atoms with E-state index in [-0.39, 0.29) is 6.61 Å². The Hall–Kier alpha value is -1.75. The van der Waals surface area contributed by atoms with Crippen LogP contribution in [0.3, 0.4) is 0 Å². The van der Waals surface area contributed by atoms with Crippen LogP contribution in [0, 0.1) is 5.92 Å². The lowest BCUT2D eigenvalue weighted by Gasteiger charge is -2.32. The molecule has 1 N–H and O–H groups in total. The number of benzene rings is 2. The standard InChI is InChI=1S/C20H21Cl2N3O/c21-16-6-5-15(11-17(16)22)12-25-19-4-2-1-3-18(19)23-20(25)24-9-7-14(13-26)8-10-24/h1-6,11,14,26H,7-10,12-13H2. The first-order valence-electron chi connectivity index (χ1n) is 8.90. The van der Waals surface area contributed by atoms with E-state index in [1.807, 2.05) is 36.4 Å². The summed E-state index contributed by atoms with van der Waals surface area (Å²) in [5.74, 6) is 1.38. The minimum atomic E-state index is 0.271. The van der Waals surface area contributed by atoms with E-state index < -0.39 is 0 Å². The summed E-state index contributed by atoms with van der Waals surface area (Å²) >= 11 is 12.3. The molecule has 2 heterocycles. The number of imidazole rings is 1. The van der Waals surface area contributed by atoms with Gasteiger partial charge in [0.1, 0.15) is 0 Å². The normalized spacial score (nSPS) is 15.7. The number of para-hydroxylation sites is 2. The van der Waals surface area contributed by atoms with Crippen LogP contribution in [0.1, 0.15) is 18.4 Å². The first kappa shape index (κ1) is 17.7. The first-order chi connectivity index (χ1) is 12.7. The third-order valence-electron chi connectivity index (χ3n) is 5.11. The van der Waals surface area contributed by atoms with Crippen LogP contribution in [-0.4, -0.2) is 34.4 Å². The number of fused-ring (bicyclic) bond motifs is 1. The van der Waals surface area contributed by atoms with Crippen molar-refractivity contribution in [2.24, 2.45) is 5.92 Å². The smallest absolute Gasteiger partial charge is 0.206 e. The van der Waals surface area contributed by atoms with E-state index in [9.17, 15) is 5.11 Å². The number of anilines is 1. The average Bonchev–Trinajstić information content (AvgIpc) is 3.03. The molecule has 3 aromatic rings. The van der Waals surface area contributed by atoms with Crippen LogP contribution in [0.15, 0.2) is 42.5 Å². The quantitative estimate of drug-likeness (QED) is 0.708. The van der Waals surface area contributed by atoms with Crippen molar-refractivity contribution in [2.45, 2.75) is 19.4 Å². The fourth-order valence-electron chi connectivity index (χ4n) is 3.60. The second-order valence-corrected chi connectivity index (χ2v) is 7.66. The lowest BCUT2D eigenvalue weighted by molar-refractivity contribution is 0.202. The SMILES string of the molecule is OCC1CCN(c2nc3ccccc3n2Cc2ccc(Cl)c(Cl)c2)CC1. The van der Waals surface area contributed by atoms with E-state index in [1.54, 1.807) is 0 Å². The highest BCUT2D eigenvalue weighted by Crippen LogP contribution is 2.29. The predicted molar refractivity (Wildman–Crippen MR) is 107 cm³/mol. The summed E-state index contributed by atoms with van der Waals surface area (Å²) in [7, 11) is 0. The van der Waals surface area contributed by atoms with Gasteiger partial charge in [-0.2, -0.15) is 0 Å². The number of aliphatic hydroxyl groups is 1. The van der Waals surface area contributed by atoms with Gasteiger partial charge in [0.15, 0.2) is 0 Å². The zero-order chi connectivity index (χ0) is 18.1. The van der Waals surface area contributed by atoms with Crippen molar-refractivity contribution < 1.29 is 5.11 Å². The van der Waals surface area contributed by atoms with Gasteiger partial charge in [0, 0.05) is 19.7 Å². The summed E-state index contributed by atoms with van der Waals surface area (Å²) in [6.45, 7) is 2.78. The van der Waals surface area contributed by atoms with E-state index in [4.69, 9.17) is 28.2 Å². The largest absolute Gasteiger partial charge is 0.396 e. The van der Waals surface area contributed by atoms with Crippen LogP contribution in [0.5, 0.6) is 0 Å². The zero-order valence-electron chi connectivity index (χ0n) is 14.4. The number of piperidine rings is 1. The molecule has 0 saturated carbocycles. The summed E-state index contributed by atoms with van der Waals surface area (Å²) in [6, 6.07) is 14.0. The Bertz CT molecular complexity index is 917. The minimum Gasteiger partial charge on any atom is -0.396 e. The molecule has 0 atom stereocenters. The summed E-state index contributed by atoms with van der Waals surface area (Å²) in [5, 5.41) is 10.5. The van der Waals surface area contributed by atoms with Crippen LogP contribution < -0.4 is 4.90 Å². The minimum absolute atomic E-state index is 0.271. The fourth-order valence-corrected chi connectivity index (χ4v) is 3.92. The third kappa shape index (κ3) is 3.41. The van der Waals surface area contributed by atoms with Gasteiger partial charge in [-0.25, -0.2) is 4.98 Å². The Labute approximate surface area is 163 Å².